The molecular formula is C20H23ClN6O3S. The van der Waals surface area contributed by atoms with E-state index in [1.165, 1.54) is 15.2 Å². The fourth-order valence-corrected chi connectivity index (χ4v) is 4.85. The summed E-state index contributed by atoms with van der Waals surface area (Å²) < 4.78 is 27.1. The lowest BCUT2D eigenvalue weighted by molar-refractivity contribution is -0.117. The molecule has 0 aliphatic rings. The summed E-state index contributed by atoms with van der Waals surface area (Å²) >= 11 is 5.88. The molecule has 1 heterocycles. The van der Waals surface area contributed by atoms with E-state index in [1.54, 1.807) is 57.2 Å². The predicted molar refractivity (Wildman–Crippen MR) is 118 cm³/mol. The standard InChI is InChI=1S/C20H23ClN6O3S/c1-4-26(5-2)31(29,30)18-12-17(11-6-14(18)3)22-19(28)13-27-24-20(23-25-27)15-7-9-16(21)10-8-15/h6-12H,4-5,13H2,1-3H3,(H,22,28). The molecule has 3 aromatic rings. The lowest BCUT2D eigenvalue weighted by Crippen LogP contribution is -2.31. The van der Waals surface area contributed by atoms with E-state index in [9.17, 15) is 13.2 Å². The molecule has 0 bridgehead atoms. The molecule has 9 nitrogen and oxygen atoms in total. The molecule has 0 unspecified atom stereocenters. The van der Waals surface area contributed by atoms with Crippen LogP contribution in [0.2, 0.25) is 5.02 Å². The van der Waals surface area contributed by atoms with Gasteiger partial charge in [-0.3, -0.25) is 4.79 Å². The van der Waals surface area contributed by atoms with Gasteiger partial charge in [-0.15, -0.1) is 10.2 Å². The number of anilines is 1. The molecule has 0 aliphatic heterocycles. The Morgan fingerprint density at radius 2 is 1.81 bits per heavy atom. The maximum absolute atomic E-state index is 12.9. The maximum atomic E-state index is 12.9. The molecule has 1 amide bonds. The molecule has 0 saturated carbocycles. The van der Waals surface area contributed by atoms with Crippen molar-refractivity contribution < 1.29 is 13.2 Å². The second-order valence-electron chi connectivity index (χ2n) is 6.77. The summed E-state index contributed by atoms with van der Waals surface area (Å²) in [6.45, 7) is 5.84. The van der Waals surface area contributed by atoms with Gasteiger partial charge < -0.3 is 5.32 Å². The first-order chi connectivity index (χ1) is 14.7. The molecule has 0 fully saturated rings. The molecule has 11 heteroatoms. The van der Waals surface area contributed by atoms with E-state index < -0.39 is 15.9 Å². The van der Waals surface area contributed by atoms with E-state index in [1.807, 2.05) is 0 Å². The molecule has 1 aromatic heterocycles. The lowest BCUT2D eigenvalue weighted by Gasteiger charge is -2.20. The van der Waals surface area contributed by atoms with Gasteiger partial charge in [-0.25, -0.2) is 8.42 Å². The Hall–Kier alpha value is -2.82. The van der Waals surface area contributed by atoms with Crippen LogP contribution in [0.3, 0.4) is 0 Å². The second kappa shape index (κ2) is 9.54. The molecule has 1 N–H and O–H groups in total. The van der Waals surface area contributed by atoms with E-state index in [0.717, 1.165) is 5.56 Å². The van der Waals surface area contributed by atoms with Crippen molar-refractivity contribution in [1.82, 2.24) is 24.5 Å². The van der Waals surface area contributed by atoms with Crippen LogP contribution >= 0.6 is 11.6 Å². The third kappa shape index (κ3) is 5.27. The van der Waals surface area contributed by atoms with Gasteiger partial charge in [0.05, 0.1) is 4.90 Å². The highest BCUT2D eigenvalue weighted by atomic mass is 35.5. The van der Waals surface area contributed by atoms with Crippen molar-refractivity contribution in [1.29, 1.82) is 0 Å². The largest absolute Gasteiger partial charge is 0.324 e. The Balaban J connectivity index is 1.73. The van der Waals surface area contributed by atoms with E-state index in [4.69, 9.17) is 11.6 Å². The van der Waals surface area contributed by atoms with Gasteiger partial charge in [0.25, 0.3) is 0 Å². The fourth-order valence-electron chi connectivity index (χ4n) is 3.01. The van der Waals surface area contributed by atoms with E-state index >= 15 is 0 Å². The first-order valence-corrected chi connectivity index (χ1v) is 11.5. The number of carbonyl (C=O) groups excluding carboxylic acids is 1. The summed E-state index contributed by atoms with van der Waals surface area (Å²) in [6, 6.07) is 11.7. The predicted octanol–water partition coefficient (Wildman–Crippen LogP) is 2.97. The summed E-state index contributed by atoms with van der Waals surface area (Å²) in [6.07, 6.45) is 0. The Morgan fingerprint density at radius 3 is 2.45 bits per heavy atom. The number of aromatic nitrogens is 4. The number of carbonyl (C=O) groups is 1. The average Bonchev–Trinajstić information content (AvgIpc) is 3.18. The minimum Gasteiger partial charge on any atom is -0.324 e. The average molecular weight is 463 g/mol. The molecule has 0 aliphatic carbocycles. The van der Waals surface area contributed by atoms with Crippen LogP contribution in [0, 0.1) is 6.92 Å². The molecule has 164 valence electrons. The molecule has 2 aromatic carbocycles. The monoisotopic (exact) mass is 462 g/mol. The van der Waals surface area contributed by atoms with Crippen molar-refractivity contribution in [2.45, 2.75) is 32.2 Å². The zero-order valence-corrected chi connectivity index (χ0v) is 19.0. The van der Waals surface area contributed by atoms with Crippen LogP contribution in [-0.2, 0) is 21.4 Å². The number of halogens is 1. The van der Waals surface area contributed by atoms with Gasteiger partial charge in [-0.05, 0) is 54.1 Å². The fraction of sp³-hybridized carbons (Fsp3) is 0.300. The second-order valence-corrected chi connectivity index (χ2v) is 9.11. The highest BCUT2D eigenvalue weighted by Crippen LogP contribution is 2.24. The van der Waals surface area contributed by atoms with Crippen LogP contribution in [0.5, 0.6) is 0 Å². The molecule has 0 atom stereocenters. The number of hydrogen-bond donors (Lipinski definition) is 1. The zero-order valence-electron chi connectivity index (χ0n) is 17.4. The summed E-state index contributed by atoms with van der Waals surface area (Å²) in [7, 11) is -3.65. The summed E-state index contributed by atoms with van der Waals surface area (Å²) in [5.41, 5.74) is 1.70. The van der Waals surface area contributed by atoms with Gasteiger partial charge in [-0.1, -0.05) is 31.5 Å². The van der Waals surface area contributed by atoms with Crippen LogP contribution in [0.25, 0.3) is 11.4 Å². The quantitative estimate of drug-likeness (QED) is 0.551. The van der Waals surface area contributed by atoms with E-state index in [-0.39, 0.29) is 11.4 Å². The van der Waals surface area contributed by atoms with Gasteiger partial charge in [0.1, 0.15) is 6.54 Å². The van der Waals surface area contributed by atoms with Crippen molar-refractivity contribution in [3.8, 4) is 11.4 Å². The van der Waals surface area contributed by atoms with Gasteiger partial charge in [-0.2, -0.15) is 9.10 Å². The van der Waals surface area contributed by atoms with Crippen molar-refractivity contribution in [3.05, 3.63) is 53.1 Å². The SMILES string of the molecule is CCN(CC)S(=O)(=O)c1cc(NC(=O)Cn2nnc(-c3ccc(Cl)cc3)n2)ccc1C. The third-order valence-corrected chi connectivity index (χ3v) is 7.08. The number of nitrogens with one attached hydrogen (secondary N) is 1. The third-order valence-electron chi connectivity index (χ3n) is 4.64. The minimum absolute atomic E-state index is 0.165. The highest BCUT2D eigenvalue weighted by molar-refractivity contribution is 7.89. The van der Waals surface area contributed by atoms with Gasteiger partial charge >= 0.3 is 0 Å². The maximum Gasteiger partial charge on any atom is 0.248 e. The molecular weight excluding hydrogens is 440 g/mol. The summed E-state index contributed by atoms with van der Waals surface area (Å²) in [4.78, 5) is 13.8. The number of rotatable bonds is 8. The van der Waals surface area contributed by atoms with Gasteiger partial charge in [0.2, 0.25) is 21.8 Å². The molecule has 0 saturated heterocycles. The zero-order chi connectivity index (χ0) is 22.6. The summed E-state index contributed by atoms with van der Waals surface area (Å²) in [5.74, 6) is -0.0394. The number of nitrogens with zero attached hydrogens (tertiary/aromatic N) is 5. The number of tetrazole rings is 1. The molecule has 3 rings (SSSR count). The van der Waals surface area contributed by atoms with Crippen molar-refractivity contribution >= 4 is 33.2 Å². The van der Waals surface area contributed by atoms with Crippen LogP contribution in [0.4, 0.5) is 5.69 Å². The van der Waals surface area contributed by atoms with Crippen molar-refractivity contribution in [3.63, 3.8) is 0 Å². The van der Waals surface area contributed by atoms with Gasteiger partial charge in [0.15, 0.2) is 0 Å². The number of hydrogen-bond acceptors (Lipinski definition) is 6. The first kappa shape index (κ1) is 22.9. The molecule has 0 spiro atoms. The Morgan fingerprint density at radius 1 is 1.13 bits per heavy atom. The number of sulfonamides is 1. The number of aryl methyl sites for hydroxylation is 1. The Bertz CT molecular complexity index is 1170. The lowest BCUT2D eigenvalue weighted by atomic mass is 10.2. The smallest absolute Gasteiger partial charge is 0.248 e. The number of benzene rings is 2. The highest BCUT2D eigenvalue weighted by Gasteiger charge is 2.24. The summed E-state index contributed by atoms with van der Waals surface area (Å²) in [5, 5.41) is 15.3. The minimum atomic E-state index is -3.65. The first-order valence-electron chi connectivity index (χ1n) is 9.69. The topological polar surface area (TPSA) is 110 Å². The van der Waals surface area contributed by atoms with Crippen LogP contribution in [-0.4, -0.2) is 51.9 Å². The number of amides is 1. The Labute approximate surface area is 186 Å². The Kier molecular flexibility index (Phi) is 7.04. The van der Waals surface area contributed by atoms with E-state index in [0.29, 0.717) is 35.2 Å². The molecule has 31 heavy (non-hydrogen) atoms. The van der Waals surface area contributed by atoms with Crippen LogP contribution < -0.4 is 5.32 Å². The van der Waals surface area contributed by atoms with Gasteiger partial charge in [0, 0.05) is 29.4 Å². The van der Waals surface area contributed by atoms with Crippen molar-refractivity contribution in [2.75, 3.05) is 18.4 Å². The van der Waals surface area contributed by atoms with Crippen LogP contribution in [0.1, 0.15) is 19.4 Å². The van der Waals surface area contributed by atoms with Crippen molar-refractivity contribution in [2.24, 2.45) is 0 Å². The van der Waals surface area contributed by atoms with E-state index in [2.05, 4.69) is 20.7 Å². The normalized spacial score (nSPS) is 11.6. The van der Waals surface area contributed by atoms with Crippen LogP contribution in [0.15, 0.2) is 47.4 Å². The molecule has 0 radical (unpaired) electrons.